The van der Waals surface area contributed by atoms with Gasteiger partial charge in [0, 0.05) is 24.3 Å². The van der Waals surface area contributed by atoms with E-state index in [4.69, 9.17) is 17.0 Å². The Morgan fingerprint density at radius 3 is 2.38 bits per heavy atom. The highest BCUT2D eigenvalue weighted by atomic mass is 32.1. The van der Waals surface area contributed by atoms with Crippen LogP contribution in [-0.2, 0) is 6.54 Å². The lowest BCUT2D eigenvalue weighted by Crippen LogP contribution is -2.41. The number of hydrogen-bond donors (Lipinski definition) is 2. The van der Waals surface area contributed by atoms with Gasteiger partial charge in [-0.25, -0.2) is 0 Å². The number of aromatic nitrogens is 1. The number of pyridine rings is 1. The van der Waals surface area contributed by atoms with Gasteiger partial charge in [-0.1, -0.05) is 25.5 Å². The Bertz CT molecular complexity index is 1170. The average Bonchev–Trinajstić information content (AvgIpc) is 2.81. The van der Waals surface area contributed by atoms with Crippen LogP contribution in [-0.4, -0.2) is 52.7 Å². The number of ether oxygens (including phenoxy) is 1. The first kappa shape index (κ1) is 25.7. The van der Waals surface area contributed by atoms with Crippen LogP contribution in [0.15, 0.2) is 47.3 Å². The number of likely N-dealkylation sites (N-methyl/N-ethyl adjacent to an activating group) is 1. The van der Waals surface area contributed by atoms with Crippen molar-refractivity contribution in [2.24, 2.45) is 0 Å². The molecule has 0 aliphatic heterocycles. The van der Waals surface area contributed by atoms with Crippen molar-refractivity contribution in [2.75, 3.05) is 38.1 Å². The van der Waals surface area contributed by atoms with Crippen LogP contribution < -0.4 is 15.6 Å². The number of nitrogens with zero attached hydrogens (tertiary/aromatic N) is 2. The molecule has 3 aromatic rings. The molecule has 34 heavy (non-hydrogen) atoms. The summed E-state index contributed by atoms with van der Waals surface area (Å²) in [7, 11) is 0. The fraction of sp³-hybridized carbons (Fsp3) is 0.407. The maximum absolute atomic E-state index is 13.0. The first-order chi connectivity index (χ1) is 16.3. The van der Waals surface area contributed by atoms with Gasteiger partial charge in [-0.2, -0.15) is 0 Å². The van der Waals surface area contributed by atoms with Gasteiger partial charge in [-0.3, -0.25) is 4.79 Å². The maximum atomic E-state index is 13.0. The third kappa shape index (κ3) is 6.58. The topological polar surface area (TPSA) is 60.6 Å². The highest BCUT2D eigenvalue weighted by Gasteiger charge is 2.15. The van der Waals surface area contributed by atoms with Crippen molar-refractivity contribution in [3.05, 3.63) is 69.5 Å². The van der Waals surface area contributed by atoms with Crippen molar-refractivity contribution in [2.45, 2.75) is 41.2 Å². The Balaban J connectivity index is 1.85. The van der Waals surface area contributed by atoms with Crippen LogP contribution in [0.2, 0.25) is 0 Å². The number of fused-ring (bicyclic) bond motifs is 1. The van der Waals surface area contributed by atoms with Crippen LogP contribution in [0.1, 0.15) is 37.5 Å². The van der Waals surface area contributed by atoms with E-state index in [-0.39, 0.29) is 5.56 Å². The molecule has 0 atom stereocenters. The van der Waals surface area contributed by atoms with Crippen molar-refractivity contribution in [3.63, 3.8) is 0 Å². The van der Waals surface area contributed by atoms with Crippen LogP contribution in [0.3, 0.4) is 0 Å². The largest absolute Gasteiger partial charge is 0.494 e. The second kappa shape index (κ2) is 12.0. The summed E-state index contributed by atoms with van der Waals surface area (Å²) in [5.74, 6) is 0.825. The molecule has 0 bridgehead atoms. The summed E-state index contributed by atoms with van der Waals surface area (Å²) in [6.45, 7) is 15.0. The van der Waals surface area contributed by atoms with Gasteiger partial charge < -0.3 is 24.8 Å². The van der Waals surface area contributed by atoms with Crippen LogP contribution >= 0.6 is 12.2 Å². The van der Waals surface area contributed by atoms with Crippen LogP contribution in [0, 0.1) is 13.8 Å². The molecule has 1 aromatic heterocycles. The normalized spacial score (nSPS) is 11.1. The van der Waals surface area contributed by atoms with E-state index in [2.05, 4.69) is 53.0 Å². The summed E-state index contributed by atoms with van der Waals surface area (Å²) >= 11 is 5.80. The first-order valence-electron chi connectivity index (χ1n) is 12.0. The monoisotopic (exact) mass is 480 g/mol. The number of hydrogen-bond acceptors (Lipinski definition) is 4. The minimum Gasteiger partial charge on any atom is -0.494 e. The summed E-state index contributed by atoms with van der Waals surface area (Å²) in [6, 6.07) is 13.9. The minimum atomic E-state index is -0.0730. The summed E-state index contributed by atoms with van der Waals surface area (Å²) < 4.78 is 5.53. The van der Waals surface area contributed by atoms with E-state index in [9.17, 15) is 4.79 Å². The van der Waals surface area contributed by atoms with E-state index in [1.165, 1.54) is 5.56 Å². The number of aryl methyl sites for hydroxylation is 2. The molecule has 7 heteroatoms. The van der Waals surface area contributed by atoms with Crippen molar-refractivity contribution in [3.8, 4) is 5.75 Å². The fourth-order valence-electron chi connectivity index (χ4n) is 4.11. The molecule has 0 unspecified atom stereocenters. The molecule has 2 aromatic carbocycles. The molecule has 0 fully saturated rings. The van der Waals surface area contributed by atoms with E-state index in [0.717, 1.165) is 54.1 Å². The number of thiocarbonyl (C=S) groups is 1. The van der Waals surface area contributed by atoms with Gasteiger partial charge in [0.1, 0.15) is 5.75 Å². The lowest BCUT2D eigenvalue weighted by Gasteiger charge is -2.29. The number of H-pyrrole nitrogens is 1. The molecule has 6 nitrogen and oxygen atoms in total. The van der Waals surface area contributed by atoms with E-state index in [1.54, 1.807) is 0 Å². The molecule has 1 heterocycles. The van der Waals surface area contributed by atoms with E-state index >= 15 is 0 Å². The van der Waals surface area contributed by atoms with Crippen LogP contribution in [0.4, 0.5) is 5.69 Å². The molecule has 0 saturated carbocycles. The Hall–Kier alpha value is -2.90. The van der Waals surface area contributed by atoms with Gasteiger partial charge in [0.05, 0.1) is 18.7 Å². The first-order valence-corrected chi connectivity index (χ1v) is 12.4. The predicted molar refractivity (Wildman–Crippen MR) is 146 cm³/mol. The van der Waals surface area contributed by atoms with Gasteiger partial charge in [-0.05, 0) is 93.4 Å². The summed E-state index contributed by atoms with van der Waals surface area (Å²) in [5.41, 5.74) is 4.66. The Labute approximate surface area is 207 Å². The van der Waals surface area contributed by atoms with E-state index < -0.39 is 0 Å². The molecule has 0 radical (unpaired) electrons. The molecule has 0 aliphatic rings. The fourth-order valence-corrected chi connectivity index (χ4v) is 4.39. The lowest BCUT2D eigenvalue weighted by molar-refractivity contribution is 0.266. The standard InChI is InChI=1S/C27H36N4O2S/c1-6-30(7-2)13-14-31(27(34)28-23-9-11-24(12-10-23)33-8-3)18-22-17-21-16-19(4)15-20(5)25(21)29-26(22)32/h9-12,15-17H,6-8,13-14,18H2,1-5H3,(H,28,34)(H,29,32). The van der Waals surface area contributed by atoms with Crippen molar-refractivity contribution >= 4 is 33.9 Å². The number of aromatic amines is 1. The average molecular weight is 481 g/mol. The molecule has 182 valence electrons. The minimum absolute atomic E-state index is 0.0730. The molecule has 3 rings (SSSR count). The molecule has 0 saturated heterocycles. The number of nitrogens with one attached hydrogen (secondary N) is 2. The van der Waals surface area contributed by atoms with Gasteiger partial charge in [0.15, 0.2) is 5.11 Å². The zero-order valence-corrected chi connectivity index (χ0v) is 21.7. The zero-order valence-electron chi connectivity index (χ0n) is 20.9. The smallest absolute Gasteiger partial charge is 0.253 e. The Morgan fingerprint density at radius 1 is 1.03 bits per heavy atom. The molecule has 0 amide bonds. The maximum Gasteiger partial charge on any atom is 0.253 e. The van der Waals surface area contributed by atoms with Crippen molar-refractivity contribution in [1.29, 1.82) is 0 Å². The van der Waals surface area contributed by atoms with Gasteiger partial charge >= 0.3 is 0 Å². The highest BCUT2D eigenvalue weighted by Crippen LogP contribution is 2.20. The Morgan fingerprint density at radius 2 is 1.74 bits per heavy atom. The van der Waals surface area contributed by atoms with Crippen LogP contribution in [0.25, 0.3) is 10.9 Å². The number of benzene rings is 2. The quantitative estimate of drug-likeness (QED) is 0.395. The predicted octanol–water partition coefficient (Wildman–Crippen LogP) is 5.08. The van der Waals surface area contributed by atoms with E-state index in [0.29, 0.717) is 23.8 Å². The van der Waals surface area contributed by atoms with Crippen molar-refractivity contribution in [1.82, 2.24) is 14.8 Å². The van der Waals surface area contributed by atoms with E-state index in [1.807, 2.05) is 44.2 Å². The second-order valence-electron chi connectivity index (χ2n) is 8.51. The molecular weight excluding hydrogens is 444 g/mol. The van der Waals surface area contributed by atoms with Gasteiger partial charge in [-0.15, -0.1) is 0 Å². The third-order valence-corrected chi connectivity index (χ3v) is 6.38. The van der Waals surface area contributed by atoms with Crippen LogP contribution in [0.5, 0.6) is 5.75 Å². The lowest BCUT2D eigenvalue weighted by atomic mass is 10.1. The highest BCUT2D eigenvalue weighted by molar-refractivity contribution is 7.80. The third-order valence-electron chi connectivity index (χ3n) is 6.02. The van der Waals surface area contributed by atoms with Gasteiger partial charge in [0.2, 0.25) is 0 Å². The number of anilines is 1. The zero-order chi connectivity index (χ0) is 24.7. The number of rotatable bonds is 10. The Kier molecular flexibility index (Phi) is 9.07. The molecule has 0 spiro atoms. The molecular formula is C27H36N4O2S. The molecule has 0 aliphatic carbocycles. The van der Waals surface area contributed by atoms with Crippen molar-refractivity contribution < 1.29 is 4.74 Å². The summed E-state index contributed by atoms with van der Waals surface area (Å²) in [5, 5.41) is 4.97. The SMILES string of the molecule is CCOc1ccc(NC(=S)N(CCN(CC)CC)Cc2cc3cc(C)cc(C)c3[nH]c2=O)cc1. The molecule has 2 N–H and O–H groups in total. The second-order valence-corrected chi connectivity index (χ2v) is 8.89. The summed E-state index contributed by atoms with van der Waals surface area (Å²) in [6.07, 6.45) is 0. The van der Waals surface area contributed by atoms with Gasteiger partial charge in [0.25, 0.3) is 5.56 Å². The summed E-state index contributed by atoms with van der Waals surface area (Å²) in [4.78, 5) is 20.5.